The van der Waals surface area contributed by atoms with Crippen molar-refractivity contribution >= 4 is 5.97 Å². The third kappa shape index (κ3) is 2.48. The number of nitrogens with one attached hydrogen (secondary N) is 1. The minimum Gasteiger partial charge on any atom is -0.480 e. The van der Waals surface area contributed by atoms with Gasteiger partial charge in [-0.05, 0) is 5.92 Å². The molecule has 1 aromatic heterocycles. The van der Waals surface area contributed by atoms with E-state index in [0.717, 1.165) is 10.8 Å². The van der Waals surface area contributed by atoms with E-state index in [9.17, 15) is 14.4 Å². The van der Waals surface area contributed by atoms with Crippen LogP contribution in [0.4, 0.5) is 0 Å². The number of aliphatic carboxylic acids is 1. The second-order valence-corrected chi connectivity index (χ2v) is 3.99. The zero-order chi connectivity index (χ0) is 13.9. The molecule has 2 N–H and O–H groups in total. The molecule has 0 aliphatic rings. The lowest BCUT2D eigenvalue weighted by Gasteiger charge is -2.20. The third-order valence-corrected chi connectivity index (χ3v) is 2.82. The van der Waals surface area contributed by atoms with E-state index < -0.39 is 23.3 Å². The highest BCUT2D eigenvalue weighted by molar-refractivity contribution is 5.72. The molecule has 1 aromatic rings. The number of carbonyl (C=O) groups is 1. The monoisotopic (exact) mass is 251 g/mol. The molecule has 2 atom stereocenters. The van der Waals surface area contributed by atoms with Crippen LogP contribution in [-0.2, 0) is 4.79 Å². The van der Waals surface area contributed by atoms with E-state index in [2.05, 4.69) is 0 Å². The molecule has 0 radical (unpaired) electrons. The molecule has 0 aliphatic heterocycles. The zero-order valence-electron chi connectivity index (χ0n) is 10.0. The molecule has 1 rings (SSSR count). The Morgan fingerprint density at radius 1 is 1.61 bits per heavy atom. The highest BCUT2D eigenvalue weighted by Crippen LogP contribution is 2.19. The predicted octanol–water partition coefficient (Wildman–Crippen LogP) is 0.0801. The van der Waals surface area contributed by atoms with Gasteiger partial charge in [0.15, 0.2) is 0 Å². The van der Waals surface area contributed by atoms with Crippen molar-refractivity contribution in [3.05, 3.63) is 32.6 Å². The fourth-order valence-electron chi connectivity index (χ4n) is 1.63. The van der Waals surface area contributed by atoms with Crippen LogP contribution in [0.1, 0.15) is 31.9 Å². The van der Waals surface area contributed by atoms with Crippen molar-refractivity contribution in [1.82, 2.24) is 9.55 Å². The fourth-order valence-corrected chi connectivity index (χ4v) is 1.63. The summed E-state index contributed by atoms with van der Waals surface area (Å²) < 4.78 is 0.885. The molecule has 0 spiro atoms. The second kappa shape index (κ2) is 5.31. The molecule has 0 saturated heterocycles. The van der Waals surface area contributed by atoms with Gasteiger partial charge in [0.25, 0.3) is 5.56 Å². The van der Waals surface area contributed by atoms with E-state index in [1.807, 2.05) is 4.98 Å². The van der Waals surface area contributed by atoms with Crippen LogP contribution >= 0.6 is 0 Å². The van der Waals surface area contributed by atoms with Crippen molar-refractivity contribution < 1.29 is 9.90 Å². The van der Waals surface area contributed by atoms with Gasteiger partial charge in [-0.3, -0.25) is 14.3 Å². The van der Waals surface area contributed by atoms with E-state index in [1.54, 1.807) is 19.9 Å². The standard InChI is InChI=1S/C11H13N3O4/c1-3-6(2)8(10(16)17)14-5-7(4-12)9(15)13-11(14)18/h5-6,8H,3H2,1-2H3,(H,16,17)(H,13,15,18)/t6-,8-/m0/s1. The summed E-state index contributed by atoms with van der Waals surface area (Å²) >= 11 is 0. The summed E-state index contributed by atoms with van der Waals surface area (Å²) in [5, 5.41) is 17.9. The summed E-state index contributed by atoms with van der Waals surface area (Å²) in [6.07, 6.45) is 1.54. The van der Waals surface area contributed by atoms with Gasteiger partial charge in [0.2, 0.25) is 0 Å². The Bertz CT molecular complexity index is 608. The second-order valence-electron chi connectivity index (χ2n) is 3.99. The van der Waals surface area contributed by atoms with Crippen molar-refractivity contribution in [1.29, 1.82) is 5.26 Å². The van der Waals surface area contributed by atoms with Crippen LogP contribution in [0.25, 0.3) is 0 Å². The van der Waals surface area contributed by atoms with Crippen LogP contribution in [0.15, 0.2) is 15.8 Å². The minimum atomic E-state index is -1.18. The molecular weight excluding hydrogens is 238 g/mol. The first-order valence-electron chi connectivity index (χ1n) is 5.40. The van der Waals surface area contributed by atoms with Crippen molar-refractivity contribution in [2.75, 3.05) is 0 Å². The van der Waals surface area contributed by atoms with Crippen LogP contribution in [0, 0.1) is 17.2 Å². The highest BCUT2D eigenvalue weighted by atomic mass is 16.4. The van der Waals surface area contributed by atoms with Crippen LogP contribution in [0.2, 0.25) is 0 Å². The van der Waals surface area contributed by atoms with Gasteiger partial charge in [0.1, 0.15) is 17.7 Å². The van der Waals surface area contributed by atoms with Crippen LogP contribution in [-0.4, -0.2) is 20.6 Å². The molecule has 0 fully saturated rings. The lowest BCUT2D eigenvalue weighted by Crippen LogP contribution is -2.38. The number of aromatic amines is 1. The molecule has 0 aliphatic carbocycles. The molecular formula is C11H13N3O4. The maximum atomic E-state index is 11.6. The maximum Gasteiger partial charge on any atom is 0.329 e. The Labute approximate surface area is 102 Å². The molecule has 18 heavy (non-hydrogen) atoms. The Balaban J connectivity index is 3.48. The number of nitriles is 1. The quantitative estimate of drug-likeness (QED) is 0.786. The molecule has 0 aromatic carbocycles. The van der Waals surface area contributed by atoms with E-state index in [-0.39, 0.29) is 11.5 Å². The lowest BCUT2D eigenvalue weighted by molar-refractivity contribution is -0.142. The topological polar surface area (TPSA) is 116 Å². The normalized spacial score (nSPS) is 13.6. The number of hydrogen-bond acceptors (Lipinski definition) is 4. The first kappa shape index (κ1) is 13.7. The van der Waals surface area contributed by atoms with Gasteiger partial charge in [-0.15, -0.1) is 0 Å². The summed E-state index contributed by atoms with van der Waals surface area (Å²) in [6.45, 7) is 3.48. The average molecular weight is 251 g/mol. The molecule has 0 saturated carbocycles. The van der Waals surface area contributed by atoms with Gasteiger partial charge >= 0.3 is 11.7 Å². The molecule has 7 heteroatoms. The number of nitrogens with zero attached hydrogens (tertiary/aromatic N) is 2. The number of carboxylic acids is 1. The summed E-state index contributed by atoms with van der Waals surface area (Å²) in [5.74, 6) is -1.49. The Hall–Kier alpha value is -2.36. The number of rotatable bonds is 4. The third-order valence-electron chi connectivity index (χ3n) is 2.82. The SMILES string of the molecule is CC[C@H](C)[C@@H](C(=O)O)n1cc(C#N)c(=O)[nH]c1=O. The summed E-state index contributed by atoms with van der Waals surface area (Å²) in [7, 11) is 0. The van der Waals surface area contributed by atoms with Crippen molar-refractivity contribution in [2.24, 2.45) is 5.92 Å². The Morgan fingerprint density at radius 3 is 2.67 bits per heavy atom. The lowest BCUT2D eigenvalue weighted by atomic mass is 9.99. The molecule has 1 heterocycles. The molecule has 0 bridgehead atoms. The van der Waals surface area contributed by atoms with Crippen LogP contribution < -0.4 is 11.2 Å². The average Bonchev–Trinajstić information content (AvgIpc) is 2.31. The Kier molecular flexibility index (Phi) is 4.05. The maximum absolute atomic E-state index is 11.6. The predicted molar refractivity (Wildman–Crippen MR) is 62.2 cm³/mol. The van der Waals surface area contributed by atoms with Crippen molar-refractivity contribution in [3.8, 4) is 6.07 Å². The van der Waals surface area contributed by atoms with Gasteiger partial charge in [-0.1, -0.05) is 20.3 Å². The van der Waals surface area contributed by atoms with Crippen molar-refractivity contribution in [3.63, 3.8) is 0 Å². The molecule has 96 valence electrons. The van der Waals surface area contributed by atoms with Gasteiger partial charge in [0.05, 0.1) is 0 Å². The number of H-pyrrole nitrogens is 1. The Morgan fingerprint density at radius 2 is 2.22 bits per heavy atom. The number of carboxylic acid groups (broad SMARTS) is 1. The summed E-state index contributed by atoms with van der Waals surface area (Å²) in [5.41, 5.74) is -1.93. The smallest absolute Gasteiger partial charge is 0.329 e. The largest absolute Gasteiger partial charge is 0.480 e. The summed E-state index contributed by atoms with van der Waals surface area (Å²) in [4.78, 5) is 36.0. The first-order chi connectivity index (χ1) is 8.42. The summed E-state index contributed by atoms with van der Waals surface area (Å²) in [6, 6.07) is 0.512. The molecule has 0 unspecified atom stereocenters. The van der Waals surface area contributed by atoms with Gasteiger partial charge in [0, 0.05) is 6.20 Å². The van der Waals surface area contributed by atoms with E-state index in [4.69, 9.17) is 10.4 Å². The fraction of sp³-hybridized carbons (Fsp3) is 0.455. The zero-order valence-corrected chi connectivity index (χ0v) is 10.0. The number of aromatic nitrogens is 2. The van der Waals surface area contributed by atoms with E-state index in [1.165, 1.54) is 0 Å². The van der Waals surface area contributed by atoms with Crippen LogP contribution in [0.5, 0.6) is 0 Å². The van der Waals surface area contributed by atoms with E-state index >= 15 is 0 Å². The highest BCUT2D eigenvalue weighted by Gasteiger charge is 2.27. The van der Waals surface area contributed by atoms with Gasteiger partial charge in [-0.25, -0.2) is 9.59 Å². The van der Waals surface area contributed by atoms with Gasteiger partial charge in [-0.2, -0.15) is 5.26 Å². The first-order valence-corrected chi connectivity index (χ1v) is 5.40. The molecule has 7 nitrogen and oxygen atoms in total. The molecule has 0 amide bonds. The van der Waals surface area contributed by atoms with Crippen molar-refractivity contribution in [2.45, 2.75) is 26.3 Å². The van der Waals surface area contributed by atoms with E-state index in [0.29, 0.717) is 6.42 Å². The number of hydrogen-bond donors (Lipinski definition) is 2. The minimum absolute atomic E-state index is 0.288. The van der Waals surface area contributed by atoms with Gasteiger partial charge < -0.3 is 5.11 Å². The van der Waals surface area contributed by atoms with Crippen LogP contribution in [0.3, 0.4) is 0 Å².